The summed E-state index contributed by atoms with van der Waals surface area (Å²) < 4.78 is 5.11. The molecule has 0 spiro atoms. The second-order valence-corrected chi connectivity index (χ2v) is 2.27. The van der Waals surface area contributed by atoms with Gasteiger partial charge in [-0.1, -0.05) is 0 Å². The van der Waals surface area contributed by atoms with Crippen LogP contribution in [0.5, 0.6) is 5.75 Å². The van der Waals surface area contributed by atoms with Crippen molar-refractivity contribution in [3.8, 4) is 5.75 Å². The summed E-state index contributed by atoms with van der Waals surface area (Å²) in [6.07, 6.45) is 1.54. The first-order valence-corrected chi connectivity index (χ1v) is 3.13. The van der Waals surface area contributed by atoms with Crippen molar-refractivity contribution in [3.63, 3.8) is 0 Å². The van der Waals surface area contributed by atoms with E-state index in [2.05, 4.69) is 10.2 Å². The Balaban J connectivity index is 2.75. The summed E-state index contributed by atoms with van der Waals surface area (Å²) in [5.74, 6) is 0.343. The third kappa shape index (κ3) is 1.40. The zero-order chi connectivity index (χ0) is 7.56. The number of hydrogen-bond acceptors (Lipinski definition) is 2. The van der Waals surface area contributed by atoms with Gasteiger partial charge in [-0.25, -0.2) is 0 Å². The maximum atomic E-state index is 10.7. The zero-order valence-electron chi connectivity index (χ0n) is 5.97. The van der Waals surface area contributed by atoms with Gasteiger partial charge in [0.1, 0.15) is 0 Å². The molecular formula is C6H10N2O2. The molecular weight excluding hydrogens is 132 g/mol. The molecule has 1 rings (SSSR count). The minimum atomic E-state index is -0.214. The number of rotatable bonds is 2. The Labute approximate surface area is 58.2 Å². The lowest BCUT2D eigenvalue weighted by molar-refractivity contribution is 0.240. The van der Waals surface area contributed by atoms with Crippen LogP contribution in [0.2, 0.25) is 0 Å². The van der Waals surface area contributed by atoms with Crippen molar-refractivity contribution in [3.05, 3.63) is 16.6 Å². The Morgan fingerprint density at radius 1 is 1.60 bits per heavy atom. The normalized spacial score (nSPS) is 10.3. The molecule has 0 atom stereocenters. The highest BCUT2D eigenvalue weighted by Crippen LogP contribution is 2.00. The number of aromatic nitrogens is 2. The SMILES string of the molecule is CC(C)Oc1c[nH][nH]c1=O. The molecule has 0 aliphatic carbocycles. The van der Waals surface area contributed by atoms with E-state index >= 15 is 0 Å². The Hall–Kier alpha value is -1.19. The summed E-state index contributed by atoms with van der Waals surface area (Å²) in [4.78, 5) is 10.7. The number of hydrogen-bond donors (Lipinski definition) is 2. The van der Waals surface area contributed by atoms with Gasteiger partial charge < -0.3 is 9.84 Å². The molecule has 1 aromatic heterocycles. The predicted molar refractivity (Wildman–Crippen MR) is 37.2 cm³/mol. The quantitative estimate of drug-likeness (QED) is 0.631. The van der Waals surface area contributed by atoms with E-state index in [0.29, 0.717) is 5.75 Å². The summed E-state index contributed by atoms with van der Waals surface area (Å²) in [7, 11) is 0. The lowest BCUT2D eigenvalue weighted by Crippen LogP contribution is -2.11. The molecule has 0 aromatic carbocycles. The third-order valence-corrected chi connectivity index (χ3v) is 0.975. The van der Waals surface area contributed by atoms with Crippen molar-refractivity contribution in [2.24, 2.45) is 0 Å². The van der Waals surface area contributed by atoms with Gasteiger partial charge in [0.15, 0.2) is 0 Å². The van der Waals surface area contributed by atoms with Crippen LogP contribution >= 0.6 is 0 Å². The first-order valence-electron chi connectivity index (χ1n) is 3.13. The van der Waals surface area contributed by atoms with Crippen LogP contribution in [-0.2, 0) is 0 Å². The smallest absolute Gasteiger partial charge is 0.306 e. The van der Waals surface area contributed by atoms with Gasteiger partial charge in [0.05, 0.1) is 12.3 Å². The highest BCUT2D eigenvalue weighted by molar-refractivity contribution is 5.10. The minimum Gasteiger partial charge on any atom is -0.484 e. The van der Waals surface area contributed by atoms with Crippen molar-refractivity contribution in [2.75, 3.05) is 0 Å². The fourth-order valence-electron chi connectivity index (χ4n) is 0.636. The van der Waals surface area contributed by atoms with E-state index < -0.39 is 0 Å². The molecule has 0 radical (unpaired) electrons. The van der Waals surface area contributed by atoms with Crippen LogP contribution in [0, 0.1) is 0 Å². The third-order valence-electron chi connectivity index (χ3n) is 0.975. The van der Waals surface area contributed by atoms with Crippen LogP contribution in [0.4, 0.5) is 0 Å². The average molecular weight is 142 g/mol. The summed E-state index contributed by atoms with van der Waals surface area (Å²) in [6, 6.07) is 0. The van der Waals surface area contributed by atoms with Gasteiger partial charge in [0.2, 0.25) is 5.75 Å². The Morgan fingerprint density at radius 3 is 2.70 bits per heavy atom. The van der Waals surface area contributed by atoms with E-state index in [0.717, 1.165) is 0 Å². The van der Waals surface area contributed by atoms with Crippen LogP contribution in [-0.4, -0.2) is 16.3 Å². The number of H-pyrrole nitrogens is 2. The fourth-order valence-corrected chi connectivity index (χ4v) is 0.636. The standard InChI is InChI=1S/C6H10N2O2/c1-4(2)10-5-3-7-8-6(5)9/h3-4H,1-2H3,(H2,7,8,9). The number of aromatic amines is 2. The first kappa shape index (κ1) is 6.92. The molecule has 0 aliphatic rings. The summed E-state index contributed by atoms with van der Waals surface area (Å²) in [5, 5.41) is 4.91. The van der Waals surface area contributed by atoms with Crippen molar-refractivity contribution < 1.29 is 4.74 Å². The lowest BCUT2D eigenvalue weighted by Gasteiger charge is -2.03. The van der Waals surface area contributed by atoms with Crippen LogP contribution in [0.1, 0.15) is 13.8 Å². The van der Waals surface area contributed by atoms with E-state index in [-0.39, 0.29) is 11.7 Å². The molecule has 2 N–H and O–H groups in total. The van der Waals surface area contributed by atoms with Crippen molar-refractivity contribution in [1.29, 1.82) is 0 Å². The van der Waals surface area contributed by atoms with E-state index in [1.165, 1.54) is 6.20 Å². The van der Waals surface area contributed by atoms with Gasteiger partial charge in [-0.3, -0.25) is 9.89 Å². The predicted octanol–water partition coefficient (Wildman–Crippen LogP) is 0.490. The van der Waals surface area contributed by atoms with Crippen LogP contribution in [0.15, 0.2) is 11.0 Å². The Morgan fingerprint density at radius 2 is 2.30 bits per heavy atom. The molecule has 4 heteroatoms. The number of ether oxygens (including phenoxy) is 1. The van der Waals surface area contributed by atoms with Gasteiger partial charge in [0, 0.05) is 0 Å². The van der Waals surface area contributed by atoms with Gasteiger partial charge in [-0.05, 0) is 13.8 Å². The van der Waals surface area contributed by atoms with E-state index in [4.69, 9.17) is 4.74 Å². The molecule has 1 aromatic rings. The summed E-state index contributed by atoms with van der Waals surface area (Å²) in [6.45, 7) is 3.74. The van der Waals surface area contributed by atoms with Crippen LogP contribution < -0.4 is 10.3 Å². The van der Waals surface area contributed by atoms with Gasteiger partial charge >= 0.3 is 5.56 Å². The van der Waals surface area contributed by atoms with E-state index in [1.807, 2.05) is 13.8 Å². The van der Waals surface area contributed by atoms with Crippen LogP contribution in [0.25, 0.3) is 0 Å². The topological polar surface area (TPSA) is 57.9 Å². The second-order valence-electron chi connectivity index (χ2n) is 2.27. The van der Waals surface area contributed by atoms with Gasteiger partial charge in [-0.15, -0.1) is 0 Å². The van der Waals surface area contributed by atoms with E-state index in [1.54, 1.807) is 0 Å². The van der Waals surface area contributed by atoms with E-state index in [9.17, 15) is 4.79 Å². The molecule has 0 bridgehead atoms. The minimum absolute atomic E-state index is 0.0388. The fraction of sp³-hybridized carbons (Fsp3) is 0.500. The summed E-state index contributed by atoms with van der Waals surface area (Å²) >= 11 is 0. The van der Waals surface area contributed by atoms with Crippen molar-refractivity contribution in [2.45, 2.75) is 20.0 Å². The zero-order valence-corrected chi connectivity index (χ0v) is 5.97. The monoisotopic (exact) mass is 142 g/mol. The highest BCUT2D eigenvalue weighted by atomic mass is 16.5. The summed E-state index contributed by atoms with van der Waals surface area (Å²) in [5.41, 5.74) is -0.214. The first-order chi connectivity index (χ1) is 4.70. The lowest BCUT2D eigenvalue weighted by atomic mass is 10.5. The largest absolute Gasteiger partial charge is 0.484 e. The molecule has 0 aliphatic heterocycles. The Bertz CT molecular complexity index is 248. The maximum Gasteiger partial charge on any atom is 0.306 e. The molecule has 10 heavy (non-hydrogen) atoms. The molecule has 1 heterocycles. The molecule has 56 valence electrons. The maximum absolute atomic E-state index is 10.7. The van der Waals surface area contributed by atoms with Crippen LogP contribution in [0.3, 0.4) is 0 Å². The molecule has 0 saturated heterocycles. The molecule has 4 nitrogen and oxygen atoms in total. The highest BCUT2D eigenvalue weighted by Gasteiger charge is 2.01. The average Bonchev–Trinajstić information content (AvgIpc) is 2.15. The molecule has 0 unspecified atom stereocenters. The molecule has 0 amide bonds. The van der Waals surface area contributed by atoms with Gasteiger partial charge in [-0.2, -0.15) is 0 Å². The van der Waals surface area contributed by atoms with Gasteiger partial charge in [0.25, 0.3) is 0 Å². The molecule has 0 saturated carbocycles. The van der Waals surface area contributed by atoms with Crippen molar-refractivity contribution >= 4 is 0 Å². The second kappa shape index (κ2) is 2.60. The van der Waals surface area contributed by atoms with Crippen molar-refractivity contribution in [1.82, 2.24) is 10.2 Å². The molecule has 0 fully saturated rings. The number of nitrogens with one attached hydrogen (secondary N) is 2. The Kier molecular flexibility index (Phi) is 1.80.